The van der Waals surface area contributed by atoms with Crippen molar-refractivity contribution in [3.05, 3.63) is 114 Å². The minimum Gasteiger partial charge on any atom is -0.485 e. The first-order valence-electron chi connectivity index (χ1n) is 16.8. The Morgan fingerprint density at radius 3 is 2.52 bits per heavy atom. The Balaban J connectivity index is 1.33. The van der Waals surface area contributed by atoms with E-state index in [1.807, 2.05) is 55.3 Å². The Bertz CT molecular complexity index is 2050. The second kappa shape index (κ2) is 15.1. The molecule has 2 aliphatic rings. The second-order valence-electron chi connectivity index (χ2n) is 12.8. The SMILES string of the molecule is C=CC1(Oc2ccc(Oc3c(F)cnc(Oc4cc(C#N)ccc4OCc4ccccc4)c3F)c(C3=NCCN3C)c2)CCCCC1(C)C(=O)OC. The highest BCUT2D eigenvalue weighted by atomic mass is 19.1. The van der Waals surface area contributed by atoms with Gasteiger partial charge in [0.1, 0.15) is 35.0 Å². The van der Waals surface area contributed by atoms with Crippen LogP contribution in [0.4, 0.5) is 8.78 Å². The van der Waals surface area contributed by atoms with Crippen molar-refractivity contribution in [3.8, 4) is 40.7 Å². The predicted octanol–water partition coefficient (Wildman–Crippen LogP) is 8.14. The van der Waals surface area contributed by atoms with E-state index < -0.39 is 40.2 Å². The molecule has 2 unspecified atom stereocenters. The number of carbonyl (C=O) groups is 1. The molecule has 2 heterocycles. The predicted molar refractivity (Wildman–Crippen MR) is 189 cm³/mol. The molecule has 268 valence electrons. The third-order valence-electron chi connectivity index (χ3n) is 9.55. The fourth-order valence-electron chi connectivity index (χ4n) is 6.58. The van der Waals surface area contributed by atoms with E-state index >= 15 is 8.78 Å². The molecule has 12 heteroatoms. The third kappa shape index (κ3) is 6.99. The van der Waals surface area contributed by atoms with Gasteiger partial charge in [0, 0.05) is 19.7 Å². The van der Waals surface area contributed by atoms with Crippen molar-refractivity contribution >= 4 is 11.8 Å². The van der Waals surface area contributed by atoms with Crippen molar-refractivity contribution in [1.29, 1.82) is 5.26 Å². The highest BCUT2D eigenvalue weighted by molar-refractivity contribution is 6.02. The van der Waals surface area contributed by atoms with Crippen molar-refractivity contribution < 1.29 is 37.3 Å². The summed E-state index contributed by atoms with van der Waals surface area (Å²) in [5.41, 5.74) is -0.571. The smallest absolute Gasteiger partial charge is 0.315 e. The number of ether oxygens (including phenoxy) is 5. The van der Waals surface area contributed by atoms with E-state index in [1.165, 1.54) is 31.4 Å². The van der Waals surface area contributed by atoms with Crippen LogP contribution in [0, 0.1) is 28.4 Å². The summed E-state index contributed by atoms with van der Waals surface area (Å²) in [6.07, 6.45) is 5.15. The lowest BCUT2D eigenvalue weighted by Gasteiger charge is -2.47. The van der Waals surface area contributed by atoms with Crippen molar-refractivity contribution in [3.63, 3.8) is 0 Å². The Morgan fingerprint density at radius 2 is 1.81 bits per heavy atom. The van der Waals surface area contributed by atoms with Crippen LogP contribution in [0.1, 0.15) is 49.3 Å². The van der Waals surface area contributed by atoms with Gasteiger partial charge in [-0.3, -0.25) is 9.79 Å². The van der Waals surface area contributed by atoms with Gasteiger partial charge in [-0.2, -0.15) is 9.65 Å². The van der Waals surface area contributed by atoms with Crippen LogP contribution >= 0.6 is 0 Å². The number of aromatic nitrogens is 1. The van der Waals surface area contributed by atoms with Crippen LogP contribution in [0.2, 0.25) is 0 Å². The summed E-state index contributed by atoms with van der Waals surface area (Å²) in [5.74, 6) is -2.86. The maximum atomic E-state index is 16.2. The number of methoxy groups -OCH3 is 1. The molecule has 0 amide bonds. The molecular weight excluding hydrogens is 670 g/mol. The van der Waals surface area contributed by atoms with Gasteiger partial charge in [-0.25, -0.2) is 9.37 Å². The number of hydrogen-bond acceptors (Lipinski definition) is 10. The molecule has 0 saturated heterocycles. The number of esters is 1. The zero-order valence-corrected chi connectivity index (χ0v) is 29.2. The lowest BCUT2D eigenvalue weighted by Crippen LogP contribution is -2.56. The fourth-order valence-corrected chi connectivity index (χ4v) is 6.58. The molecule has 4 aromatic rings. The largest absolute Gasteiger partial charge is 0.485 e. The summed E-state index contributed by atoms with van der Waals surface area (Å²) in [7, 11) is 3.19. The average Bonchev–Trinajstić information content (AvgIpc) is 3.60. The fraction of sp³-hybridized carbons (Fsp3) is 0.300. The number of nitrogens with zero attached hydrogens (tertiary/aromatic N) is 4. The molecular formula is C40H38F2N4O6. The Hall–Kier alpha value is -5.96. The molecule has 1 aliphatic heterocycles. The van der Waals surface area contributed by atoms with Gasteiger partial charge >= 0.3 is 5.97 Å². The van der Waals surface area contributed by atoms with Crippen LogP contribution < -0.4 is 18.9 Å². The van der Waals surface area contributed by atoms with Crippen LogP contribution in [0.5, 0.6) is 34.6 Å². The van der Waals surface area contributed by atoms with E-state index in [4.69, 9.17) is 23.7 Å². The normalized spacial score (nSPS) is 19.6. The summed E-state index contributed by atoms with van der Waals surface area (Å²) in [6, 6.07) is 20.6. The Kier molecular flexibility index (Phi) is 10.4. The first-order chi connectivity index (χ1) is 25.1. The minimum absolute atomic E-state index is 0.000816. The topological polar surface area (TPSA) is 116 Å². The number of nitriles is 1. The van der Waals surface area contributed by atoms with Gasteiger partial charge in [0.25, 0.3) is 5.88 Å². The molecule has 6 rings (SSSR count). The number of hydrogen-bond donors (Lipinski definition) is 0. The zero-order chi connectivity index (χ0) is 36.9. The van der Waals surface area contributed by atoms with Gasteiger partial charge in [-0.05, 0) is 68.2 Å². The van der Waals surface area contributed by atoms with Crippen LogP contribution in [0.15, 0.2) is 90.6 Å². The molecule has 1 aliphatic carbocycles. The van der Waals surface area contributed by atoms with Gasteiger partial charge < -0.3 is 28.6 Å². The highest BCUT2D eigenvalue weighted by Crippen LogP contribution is 2.49. The maximum Gasteiger partial charge on any atom is 0.315 e. The lowest BCUT2D eigenvalue weighted by molar-refractivity contribution is -0.167. The van der Waals surface area contributed by atoms with Crippen LogP contribution in [0.3, 0.4) is 0 Å². The average molecular weight is 709 g/mol. The van der Waals surface area contributed by atoms with Crippen molar-refractivity contribution in [2.75, 3.05) is 27.2 Å². The molecule has 0 N–H and O–H groups in total. The van der Waals surface area contributed by atoms with Crippen molar-refractivity contribution in [2.45, 2.75) is 44.8 Å². The summed E-state index contributed by atoms with van der Waals surface area (Å²) in [4.78, 5) is 23.4. The van der Waals surface area contributed by atoms with E-state index in [2.05, 4.69) is 16.6 Å². The molecule has 0 bridgehead atoms. The quantitative estimate of drug-likeness (QED) is 0.106. The Labute approximate surface area is 300 Å². The van der Waals surface area contributed by atoms with E-state index in [1.54, 1.807) is 18.2 Å². The monoisotopic (exact) mass is 708 g/mol. The molecule has 1 saturated carbocycles. The molecule has 1 fully saturated rings. The van der Waals surface area contributed by atoms with Crippen LogP contribution in [-0.2, 0) is 16.1 Å². The number of rotatable bonds is 12. The highest BCUT2D eigenvalue weighted by Gasteiger charge is 2.56. The van der Waals surface area contributed by atoms with Crippen LogP contribution in [0.25, 0.3) is 0 Å². The summed E-state index contributed by atoms with van der Waals surface area (Å²) < 4.78 is 61.0. The van der Waals surface area contributed by atoms with Gasteiger partial charge in [0.2, 0.25) is 11.6 Å². The van der Waals surface area contributed by atoms with Crippen LogP contribution in [-0.4, -0.2) is 54.5 Å². The summed E-state index contributed by atoms with van der Waals surface area (Å²) >= 11 is 0. The second-order valence-corrected chi connectivity index (χ2v) is 12.8. The summed E-state index contributed by atoms with van der Waals surface area (Å²) in [6.45, 7) is 7.14. The number of carbonyl (C=O) groups excluding carboxylic acids is 1. The van der Waals surface area contributed by atoms with Gasteiger partial charge in [0.05, 0.1) is 37.0 Å². The summed E-state index contributed by atoms with van der Waals surface area (Å²) in [5, 5.41) is 9.51. The molecule has 10 nitrogen and oxygen atoms in total. The number of aliphatic imine (C=N–C) groups is 1. The van der Waals surface area contributed by atoms with E-state index in [0.717, 1.165) is 24.6 Å². The van der Waals surface area contributed by atoms with Crippen molar-refractivity contribution in [1.82, 2.24) is 9.88 Å². The number of benzene rings is 3. The van der Waals surface area contributed by atoms with E-state index in [9.17, 15) is 10.1 Å². The lowest BCUT2D eigenvalue weighted by atomic mass is 9.64. The number of halogens is 2. The molecule has 3 aromatic carbocycles. The van der Waals surface area contributed by atoms with E-state index in [0.29, 0.717) is 43.1 Å². The number of likely N-dealkylation sites (N-methyl/N-ethyl adjacent to an activating group) is 1. The molecule has 0 radical (unpaired) electrons. The molecule has 52 heavy (non-hydrogen) atoms. The standard InChI is InChI=1S/C40H38F2N4O6/c1-5-40(18-10-9-17-39(40,2)38(47)48-4)52-28-14-16-31(29(22-28)36-44-19-20-46(36)3)50-35-30(41)24-45-37(34(35)42)51-33-21-27(23-43)13-15-32(33)49-25-26-11-7-6-8-12-26/h5-8,11-16,21-22,24H,1,9-10,17-20,25H2,2-4H3. The zero-order valence-electron chi connectivity index (χ0n) is 29.2. The Morgan fingerprint density at radius 1 is 1.04 bits per heavy atom. The van der Waals surface area contributed by atoms with Gasteiger partial charge in [-0.15, -0.1) is 0 Å². The van der Waals surface area contributed by atoms with Crippen molar-refractivity contribution in [2.24, 2.45) is 10.4 Å². The van der Waals surface area contributed by atoms with E-state index in [-0.39, 0.29) is 29.4 Å². The molecule has 1 aromatic heterocycles. The minimum atomic E-state index is -1.22. The first-order valence-corrected chi connectivity index (χ1v) is 16.8. The maximum absolute atomic E-state index is 16.2. The molecule has 0 spiro atoms. The van der Waals surface area contributed by atoms with Gasteiger partial charge in [-0.1, -0.05) is 43.3 Å². The molecule has 2 atom stereocenters. The number of pyridine rings is 1. The third-order valence-corrected chi connectivity index (χ3v) is 9.55. The first kappa shape index (κ1) is 35.9. The van der Waals surface area contributed by atoms with Gasteiger partial charge in [0.15, 0.2) is 17.3 Å². The number of amidine groups is 1.